The van der Waals surface area contributed by atoms with Crippen molar-refractivity contribution >= 4 is 15.7 Å². The van der Waals surface area contributed by atoms with Gasteiger partial charge in [-0.15, -0.1) is 0 Å². The molecule has 1 N–H and O–H groups in total. The van der Waals surface area contributed by atoms with E-state index >= 15 is 0 Å². The highest BCUT2D eigenvalue weighted by Crippen LogP contribution is 2.16. The number of hydrogen-bond donors (Lipinski definition) is 1. The van der Waals surface area contributed by atoms with Crippen LogP contribution in [0.1, 0.15) is 0 Å². The minimum absolute atomic E-state index is 0.175. The third kappa shape index (κ3) is 3.68. The Labute approximate surface area is 115 Å². The van der Waals surface area contributed by atoms with Gasteiger partial charge < -0.3 is 10.2 Å². The topological polar surface area (TPSA) is 52.7 Å². The first-order valence-electron chi connectivity index (χ1n) is 6.56. The Morgan fingerprint density at radius 2 is 1.74 bits per heavy atom. The van der Waals surface area contributed by atoms with Crippen molar-refractivity contribution in [2.24, 2.45) is 0 Å². The van der Waals surface area contributed by atoms with Gasteiger partial charge in [0.25, 0.3) is 0 Å². The molecule has 0 aliphatic carbocycles. The third-order valence-electron chi connectivity index (χ3n) is 3.36. The summed E-state index contributed by atoms with van der Waals surface area (Å²) in [4.78, 5) is 2.23. The molecule has 1 aromatic rings. The van der Waals surface area contributed by atoms with Crippen LogP contribution < -0.4 is 10.2 Å². The number of nitrogens with zero attached hydrogens (tertiary/aromatic N) is 2. The second kappa shape index (κ2) is 6.36. The van der Waals surface area contributed by atoms with Gasteiger partial charge >= 0.3 is 0 Å². The quantitative estimate of drug-likeness (QED) is 0.848. The number of rotatable bonds is 5. The first-order chi connectivity index (χ1) is 9.13. The van der Waals surface area contributed by atoms with E-state index in [0.29, 0.717) is 19.6 Å². The van der Waals surface area contributed by atoms with Crippen LogP contribution in [0.3, 0.4) is 0 Å². The van der Waals surface area contributed by atoms with Crippen LogP contribution in [0.25, 0.3) is 0 Å². The van der Waals surface area contributed by atoms with E-state index < -0.39 is 10.0 Å². The molecule has 0 saturated carbocycles. The number of piperazine rings is 1. The summed E-state index contributed by atoms with van der Waals surface area (Å²) in [5.41, 5.74) is 1.16. The summed E-state index contributed by atoms with van der Waals surface area (Å²) < 4.78 is 25.7. The molecule has 106 valence electrons. The monoisotopic (exact) mass is 283 g/mol. The summed E-state index contributed by atoms with van der Waals surface area (Å²) >= 11 is 0. The van der Waals surface area contributed by atoms with E-state index in [1.54, 1.807) is 11.4 Å². The normalized spacial score (nSPS) is 17.6. The summed E-state index contributed by atoms with van der Waals surface area (Å²) in [5, 5.41) is 2.88. The fraction of sp³-hybridized carbons (Fsp3) is 0.538. The molecule has 1 saturated heterocycles. The van der Waals surface area contributed by atoms with E-state index in [9.17, 15) is 8.42 Å². The smallest absolute Gasteiger partial charge is 0.215 e. The summed E-state index contributed by atoms with van der Waals surface area (Å²) in [6.45, 7) is 3.15. The van der Waals surface area contributed by atoms with Gasteiger partial charge in [-0.1, -0.05) is 18.2 Å². The van der Waals surface area contributed by atoms with Crippen LogP contribution >= 0.6 is 0 Å². The maximum atomic E-state index is 12.1. The highest BCUT2D eigenvalue weighted by molar-refractivity contribution is 7.89. The van der Waals surface area contributed by atoms with Crippen molar-refractivity contribution in [2.45, 2.75) is 0 Å². The molecule has 19 heavy (non-hydrogen) atoms. The molecule has 1 aliphatic heterocycles. The molecule has 0 atom stereocenters. The number of sulfonamides is 1. The Hall–Kier alpha value is -1.11. The Balaban J connectivity index is 1.92. The van der Waals surface area contributed by atoms with Gasteiger partial charge in [-0.2, -0.15) is 4.31 Å². The lowest BCUT2D eigenvalue weighted by Gasteiger charge is -2.35. The van der Waals surface area contributed by atoms with E-state index in [2.05, 4.69) is 22.3 Å². The van der Waals surface area contributed by atoms with Crippen LogP contribution in [0.4, 0.5) is 5.69 Å². The number of nitrogens with one attached hydrogen (secondary N) is 1. The summed E-state index contributed by atoms with van der Waals surface area (Å²) in [6.07, 6.45) is 0. The van der Waals surface area contributed by atoms with Crippen molar-refractivity contribution in [1.82, 2.24) is 9.62 Å². The summed E-state index contributed by atoms with van der Waals surface area (Å²) in [6, 6.07) is 10.1. The summed E-state index contributed by atoms with van der Waals surface area (Å²) in [7, 11) is -1.34. The highest BCUT2D eigenvalue weighted by atomic mass is 32.2. The molecule has 0 bridgehead atoms. The second-order valence-corrected chi connectivity index (χ2v) is 6.73. The van der Waals surface area contributed by atoms with Crippen molar-refractivity contribution < 1.29 is 8.42 Å². The van der Waals surface area contributed by atoms with Crippen molar-refractivity contribution in [3.05, 3.63) is 30.3 Å². The lowest BCUT2D eigenvalue weighted by atomic mass is 10.2. The Kier molecular flexibility index (Phi) is 4.79. The lowest BCUT2D eigenvalue weighted by Crippen LogP contribution is -2.49. The number of hydrogen-bond acceptors (Lipinski definition) is 4. The molecule has 1 aliphatic rings. The Bertz CT molecular complexity index is 482. The molecule has 0 unspecified atom stereocenters. The minimum Gasteiger partial charge on any atom is -0.369 e. The fourth-order valence-electron chi connectivity index (χ4n) is 2.22. The van der Waals surface area contributed by atoms with Gasteiger partial charge in [-0.3, -0.25) is 0 Å². The van der Waals surface area contributed by atoms with Gasteiger partial charge in [0.05, 0.1) is 5.75 Å². The van der Waals surface area contributed by atoms with E-state index in [0.717, 1.165) is 18.8 Å². The molecule has 0 spiro atoms. The zero-order valence-corrected chi connectivity index (χ0v) is 12.1. The van der Waals surface area contributed by atoms with Crippen molar-refractivity contribution in [3.63, 3.8) is 0 Å². The van der Waals surface area contributed by atoms with Crippen LogP contribution in [-0.2, 0) is 10.0 Å². The second-order valence-electron chi connectivity index (χ2n) is 4.64. The van der Waals surface area contributed by atoms with Gasteiger partial charge in [0, 0.05) is 38.4 Å². The van der Waals surface area contributed by atoms with E-state index in [-0.39, 0.29) is 5.75 Å². The average Bonchev–Trinajstić information content (AvgIpc) is 2.46. The summed E-state index contributed by atoms with van der Waals surface area (Å²) in [5.74, 6) is 0.175. The van der Waals surface area contributed by atoms with Crippen LogP contribution in [0.5, 0.6) is 0 Å². The number of benzene rings is 1. The van der Waals surface area contributed by atoms with Gasteiger partial charge in [0.2, 0.25) is 10.0 Å². The van der Waals surface area contributed by atoms with Crippen molar-refractivity contribution in [1.29, 1.82) is 0 Å². The fourth-order valence-corrected chi connectivity index (χ4v) is 3.66. The molecule has 6 heteroatoms. The van der Waals surface area contributed by atoms with E-state index in [1.165, 1.54) is 0 Å². The van der Waals surface area contributed by atoms with Gasteiger partial charge in [0.15, 0.2) is 0 Å². The predicted molar refractivity (Wildman–Crippen MR) is 77.9 cm³/mol. The zero-order valence-electron chi connectivity index (χ0n) is 11.2. The van der Waals surface area contributed by atoms with Crippen molar-refractivity contribution in [3.8, 4) is 0 Å². The molecule has 1 fully saturated rings. The molecule has 0 aromatic heterocycles. The molecule has 1 heterocycles. The van der Waals surface area contributed by atoms with Gasteiger partial charge in [-0.05, 0) is 19.2 Å². The SMILES string of the molecule is CNCCS(=O)(=O)N1CCN(c2ccccc2)CC1. The molecule has 0 amide bonds. The van der Waals surface area contributed by atoms with Crippen LogP contribution in [0.15, 0.2) is 30.3 Å². The molecular weight excluding hydrogens is 262 g/mol. The molecule has 0 radical (unpaired) electrons. The molecular formula is C13H21N3O2S. The van der Waals surface area contributed by atoms with Crippen LogP contribution in [-0.4, -0.2) is 58.2 Å². The third-order valence-corrected chi connectivity index (χ3v) is 5.24. The van der Waals surface area contributed by atoms with Crippen molar-refractivity contribution in [2.75, 3.05) is 50.4 Å². The van der Waals surface area contributed by atoms with Gasteiger partial charge in [0.1, 0.15) is 0 Å². The molecule has 5 nitrogen and oxygen atoms in total. The molecule has 2 rings (SSSR count). The minimum atomic E-state index is -3.11. The van der Waals surface area contributed by atoms with E-state index in [4.69, 9.17) is 0 Å². The van der Waals surface area contributed by atoms with Crippen LogP contribution in [0, 0.1) is 0 Å². The molecule has 1 aromatic carbocycles. The maximum Gasteiger partial charge on any atom is 0.215 e. The maximum absolute atomic E-state index is 12.1. The highest BCUT2D eigenvalue weighted by Gasteiger charge is 2.26. The Morgan fingerprint density at radius 1 is 1.11 bits per heavy atom. The standard InChI is InChI=1S/C13H21N3O2S/c1-14-7-12-19(17,18)16-10-8-15(9-11-16)13-5-3-2-4-6-13/h2-6,14H,7-12H2,1H3. The number of anilines is 1. The van der Waals surface area contributed by atoms with E-state index in [1.807, 2.05) is 18.2 Å². The Morgan fingerprint density at radius 3 is 2.32 bits per heavy atom. The average molecular weight is 283 g/mol. The first kappa shape index (κ1) is 14.3. The number of para-hydroxylation sites is 1. The lowest BCUT2D eigenvalue weighted by molar-refractivity contribution is 0.384. The zero-order chi connectivity index (χ0) is 13.7. The van der Waals surface area contributed by atoms with Gasteiger partial charge in [-0.25, -0.2) is 8.42 Å². The largest absolute Gasteiger partial charge is 0.369 e. The first-order valence-corrected chi connectivity index (χ1v) is 8.17. The predicted octanol–water partition coefficient (Wildman–Crippen LogP) is 0.358. The van der Waals surface area contributed by atoms with Crippen LogP contribution in [0.2, 0.25) is 0 Å².